The van der Waals surface area contributed by atoms with E-state index in [0.29, 0.717) is 17.9 Å². The molecule has 2 aromatic carbocycles. The molecule has 0 aromatic heterocycles. The minimum Gasteiger partial charge on any atom is -0.487 e. The zero-order chi connectivity index (χ0) is 17.5. The minimum absolute atomic E-state index is 0. The van der Waals surface area contributed by atoms with Crippen LogP contribution in [-0.4, -0.2) is 11.5 Å². The van der Waals surface area contributed by atoms with Crippen molar-refractivity contribution in [1.29, 1.82) is 0 Å². The van der Waals surface area contributed by atoms with Crippen LogP contribution >= 0.6 is 24.0 Å². The van der Waals surface area contributed by atoms with Crippen molar-refractivity contribution in [3.63, 3.8) is 0 Å². The summed E-state index contributed by atoms with van der Waals surface area (Å²) in [6.45, 7) is 3.86. The second kappa shape index (κ2) is 7.10. The van der Waals surface area contributed by atoms with Gasteiger partial charge in [0, 0.05) is 17.7 Å². The highest BCUT2D eigenvalue weighted by molar-refractivity contribution is 6.33. The first-order valence-electron chi connectivity index (χ1n) is 7.60. The highest BCUT2D eigenvalue weighted by atomic mass is 35.5. The third kappa shape index (κ3) is 3.99. The number of nitrogens with two attached hydrogens (primary N) is 1. The topological polar surface area (TPSA) is 64.4 Å². The van der Waals surface area contributed by atoms with Crippen molar-refractivity contribution < 1.29 is 13.9 Å². The number of ether oxygens (including phenoxy) is 1. The monoisotopic (exact) mass is 384 g/mol. The lowest BCUT2D eigenvalue weighted by atomic mass is 9.89. The molecule has 0 saturated carbocycles. The van der Waals surface area contributed by atoms with Crippen LogP contribution in [0.15, 0.2) is 36.4 Å². The first-order valence-corrected chi connectivity index (χ1v) is 7.98. The fraction of sp³-hybridized carbons (Fsp3) is 0.278. The minimum atomic E-state index is -0.654. The Bertz CT molecular complexity index is 791. The van der Waals surface area contributed by atoms with E-state index in [1.54, 1.807) is 18.2 Å². The Kier molecular flexibility index (Phi) is 5.49. The van der Waals surface area contributed by atoms with Crippen LogP contribution in [0.2, 0.25) is 5.02 Å². The number of amides is 1. The molecule has 0 aliphatic carbocycles. The number of rotatable bonds is 2. The first kappa shape index (κ1) is 19.3. The van der Waals surface area contributed by atoms with Gasteiger partial charge in [0.15, 0.2) is 0 Å². The third-order valence-corrected chi connectivity index (χ3v) is 4.30. The molecule has 7 heteroatoms. The van der Waals surface area contributed by atoms with Crippen LogP contribution < -0.4 is 15.8 Å². The number of fused-ring (bicyclic) bond motifs is 1. The van der Waals surface area contributed by atoms with Crippen molar-refractivity contribution in [3.05, 3.63) is 58.4 Å². The standard InChI is InChI=1S/C18H18ClFN2O2.ClH/c1-18(2)9-14(11-8-10(21)6-7-15(11)24-18)22-17(23)16-12(19)4-3-5-13(16)20;/h3-8,14H,9,21H2,1-2H3,(H,22,23);1H. The number of nitrogens with one attached hydrogen (secondary N) is 1. The van der Waals surface area contributed by atoms with E-state index < -0.39 is 17.3 Å². The van der Waals surface area contributed by atoms with Crippen molar-refractivity contribution in [2.75, 3.05) is 5.73 Å². The van der Waals surface area contributed by atoms with Crippen molar-refractivity contribution in [2.24, 2.45) is 0 Å². The summed E-state index contributed by atoms with van der Waals surface area (Å²) in [4.78, 5) is 12.6. The SMILES string of the molecule is CC1(C)CC(NC(=O)c2c(F)cccc2Cl)c2cc(N)ccc2O1.Cl. The summed E-state index contributed by atoms with van der Waals surface area (Å²) in [5.74, 6) is -0.557. The Morgan fingerprint density at radius 1 is 1.36 bits per heavy atom. The largest absolute Gasteiger partial charge is 0.487 e. The molecule has 0 fully saturated rings. The molecule has 4 nitrogen and oxygen atoms in total. The summed E-state index contributed by atoms with van der Waals surface area (Å²) < 4.78 is 19.9. The number of carbonyl (C=O) groups is 1. The Morgan fingerprint density at radius 2 is 2.08 bits per heavy atom. The summed E-state index contributed by atoms with van der Waals surface area (Å²) in [6, 6.07) is 9.09. The van der Waals surface area contributed by atoms with Gasteiger partial charge >= 0.3 is 0 Å². The van der Waals surface area contributed by atoms with Gasteiger partial charge in [0.05, 0.1) is 16.6 Å². The van der Waals surface area contributed by atoms with E-state index in [4.69, 9.17) is 22.1 Å². The molecule has 2 aromatic rings. The summed E-state index contributed by atoms with van der Waals surface area (Å²) in [6.07, 6.45) is 0.529. The molecule has 3 N–H and O–H groups in total. The van der Waals surface area contributed by atoms with Gasteiger partial charge in [-0.05, 0) is 44.2 Å². The van der Waals surface area contributed by atoms with Crippen molar-refractivity contribution in [1.82, 2.24) is 5.32 Å². The van der Waals surface area contributed by atoms with Gasteiger partial charge in [-0.25, -0.2) is 4.39 Å². The van der Waals surface area contributed by atoms with Gasteiger partial charge in [-0.15, -0.1) is 12.4 Å². The van der Waals surface area contributed by atoms with Gasteiger partial charge in [0.2, 0.25) is 0 Å². The van der Waals surface area contributed by atoms with Gasteiger partial charge in [-0.2, -0.15) is 0 Å². The van der Waals surface area contributed by atoms with Crippen LogP contribution in [0.3, 0.4) is 0 Å². The van der Waals surface area contributed by atoms with Crippen LogP contribution in [0.1, 0.15) is 42.2 Å². The number of hydrogen-bond acceptors (Lipinski definition) is 3. The molecule has 0 spiro atoms. The number of hydrogen-bond donors (Lipinski definition) is 2. The van der Waals surface area contributed by atoms with E-state index >= 15 is 0 Å². The lowest BCUT2D eigenvalue weighted by Crippen LogP contribution is -2.41. The van der Waals surface area contributed by atoms with Crippen LogP contribution in [0, 0.1) is 5.82 Å². The quantitative estimate of drug-likeness (QED) is 0.748. The van der Waals surface area contributed by atoms with Gasteiger partial charge in [-0.1, -0.05) is 17.7 Å². The lowest BCUT2D eigenvalue weighted by molar-refractivity contribution is 0.0619. The zero-order valence-corrected chi connectivity index (χ0v) is 15.4. The maximum Gasteiger partial charge on any atom is 0.256 e. The van der Waals surface area contributed by atoms with Gasteiger partial charge < -0.3 is 15.8 Å². The molecule has 1 aliphatic heterocycles. The Balaban J connectivity index is 0.00000225. The average molecular weight is 385 g/mol. The first-order chi connectivity index (χ1) is 11.3. The van der Waals surface area contributed by atoms with E-state index in [1.165, 1.54) is 18.2 Å². The maximum absolute atomic E-state index is 14.0. The summed E-state index contributed by atoms with van der Waals surface area (Å²) in [5, 5.41) is 2.93. The smallest absolute Gasteiger partial charge is 0.256 e. The molecule has 1 aliphatic rings. The molecule has 134 valence electrons. The van der Waals surface area contributed by atoms with Gasteiger partial charge in [0.25, 0.3) is 5.91 Å². The zero-order valence-electron chi connectivity index (χ0n) is 13.8. The summed E-state index contributed by atoms with van der Waals surface area (Å²) in [5.41, 5.74) is 6.56. The average Bonchev–Trinajstić information content (AvgIpc) is 2.47. The molecule has 1 amide bonds. The van der Waals surface area contributed by atoms with Gasteiger partial charge in [0.1, 0.15) is 17.2 Å². The second-order valence-electron chi connectivity index (χ2n) is 6.49. The van der Waals surface area contributed by atoms with Gasteiger partial charge in [-0.3, -0.25) is 4.79 Å². The predicted octanol–water partition coefficient (Wildman–Crippen LogP) is 4.52. The number of nitrogen functional groups attached to an aromatic ring is 1. The third-order valence-electron chi connectivity index (χ3n) is 3.99. The van der Waals surface area contributed by atoms with Crippen LogP contribution in [0.25, 0.3) is 0 Å². The van der Waals surface area contributed by atoms with Crippen LogP contribution in [-0.2, 0) is 0 Å². The molecule has 1 atom stereocenters. The second-order valence-corrected chi connectivity index (χ2v) is 6.89. The molecule has 0 saturated heterocycles. The normalized spacial score (nSPS) is 17.7. The lowest BCUT2D eigenvalue weighted by Gasteiger charge is -2.38. The molecule has 1 heterocycles. The highest BCUT2D eigenvalue weighted by Gasteiger charge is 2.35. The Morgan fingerprint density at radius 3 is 2.76 bits per heavy atom. The summed E-state index contributed by atoms with van der Waals surface area (Å²) >= 11 is 5.98. The maximum atomic E-state index is 14.0. The van der Waals surface area contributed by atoms with E-state index in [1.807, 2.05) is 13.8 Å². The van der Waals surface area contributed by atoms with E-state index in [-0.39, 0.29) is 29.0 Å². The Hall–Kier alpha value is -1.98. The molecule has 25 heavy (non-hydrogen) atoms. The van der Waals surface area contributed by atoms with E-state index in [2.05, 4.69) is 5.32 Å². The van der Waals surface area contributed by atoms with E-state index in [9.17, 15) is 9.18 Å². The molecule has 1 unspecified atom stereocenters. The van der Waals surface area contributed by atoms with Crippen LogP contribution in [0.5, 0.6) is 5.75 Å². The molecule has 0 bridgehead atoms. The number of halogens is 3. The highest BCUT2D eigenvalue weighted by Crippen LogP contribution is 2.40. The fourth-order valence-corrected chi connectivity index (χ4v) is 3.20. The number of carbonyl (C=O) groups excluding carboxylic acids is 1. The molecule has 0 radical (unpaired) electrons. The Labute approximate surface area is 156 Å². The van der Waals surface area contributed by atoms with Crippen molar-refractivity contribution >= 4 is 35.6 Å². The van der Waals surface area contributed by atoms with Crippen molar-refractivity contribution in [3.8, 4) is 5.75 Å². The number of benzene rings is 2. The molecular formula is C18H19Cl2FN2O2. The number of anilines is 1. The predicted molar refractivity (Wildman–Crippen MR) is 99.0 cm³/mol. The van der Waals surface area contributed by atoms with Crippen LogP contribution in [0.4, 0.5) is 10.1 Å². The molecule has 3 rings (SSSR count). The van der Waals surface area contributed by atoms with E-state index in [0.717, 1.165) is 5.56 Å². The summed E-state index contributed by atoms with van der Waals surface area (Å²) in [7, 11) is 0. The fourth-order valence-electron chi connectivity index (χ4n) is 2.95. The van der Waals surface area contributed by atoms with Crippen molar-refractivity contribution in [2.45, 2.75) is 31.9 Å². The molecular weight excluding hydrogens is 366 g/mol.